The predicted octanol–water partition coefficient (Wildman–Crippen LogP) is 14.6. The molecule has 6 heteroatoms. The third-order valence-corrected chi connectivity index (χ3v) is 11.6. The zero-order valence-corrected chi connectivity index (χ0v) is 37.8. The molecule has 0 aromatic heterocycles. The van der Waals surface area contributed by atoms with Crippen LogP contribution >= 0.6 is 0 Å². The molecule has 0 aliphatic carbocycles. The lowest BCUT2D eigenvalue weighted by molar-refractivity contribution is -0.151. The monoisotopic (exact) mass is 792 g/mol. The van der Waals surface area contributed by atoms with Crippen molar-refractivity contribution >= 4 is 11.9 Å². The van der Waals surface area contributed by atoms with Crippen molar-refractivity contribution in [3.63, 3.8) is 0 Å². The van der Waals surface area contributed by atoms with E-state index in [4.69, 9.17) is 4.74 Å². The lowest BCUT2D eigenvalue weighted by Gasteiger charge is -2.24. The van der Waals surface area contributed by atoms with Gasteiger partial charge < -0.3 is 20.3 Å². The van der Waals surface area contributed by atoms with E-state index in [1.807, 2.05) is 0 Å². The van der Waals surface area contributed by atoms with Crippen LogP contribution in [-0.2, 0) is 14.3 Å². The van der Waals surface area contributed by atoms with Crippen molar-refractivity contribution in [3.05, 3.63) is 12.2 Å². The van der Waals surface area contributed by atoms with Gasteiger partial charge in [-0.2, -0.15) is 0 Å². The highest BCUT2D eigenvalue weighted by atomic mass is 16.5. The molecule has 0 rings (SSSR count). The van der Waals surface area contributed by atoms with E-state index in [2.05, 4.69) is 38.2 Å². The topological polar surface area (TPSA) is 95.9 Å². The second-order valence-corrected chi connectivity index (χ2v) is 17.2. The van der Waals surface area contributed by atoms with Crippen molar-refractivity contribution in [2.45, 2.75) is 289 Å². The SMILES string of the molecule is CCC/C=C\CCCCCCCC(=O)OC(CCCCCCCCCCCC)CC(=O)NC(CO)C(O)CCCCCCCCCCCCCCCCCCC. The van der Waals surface area contributed by atoms with Gasteiger partial charge >= 0.3 is 5.97 Å². The van der Waals surface area contributed by atoms with Crippen LogP contribution in [0.2, 0.25) is 0 Å². The number of rotatable bonds is 45. The molecule has 6 nitrogen and oxygen atoms in total. The molecule has 0 spiro atoms. The van der Waals surface area contributed by atoms with Gasteiger partial charge in [0.1, 0.15) is 6.10 Å². The van der Waals surface area contributed by atoms with E-state index in [0.29, 0.717) is 19.3 Å². The van der Waals surface area contributed by atoms with E-state index in [9.17, 15) is 19.8 Å². The Balaban J connectivity index is 4.40. The van der Waals surface area contributed by atoms with Gasteiger partial charge in [-0.15, -0.1) is 0 Å². The quantitative estimate of drug-likeness (QED) is 0.0324. The molecule has 332 valence electrons. The van der Waals surface area contributed by atoms with Gasteiger partial charge in [0.15, 0.2) is 0 Å². The smallest absolute Gasteiger partial charge is 0.306 e. The zero-order chi connectivity index (χ0) is 41.0. The summed E-state index contributed by atoms with van der Waals surface area (Å²) in [6.07, 6.45) is 48.5. The number of aliphatic hydroxyl groups is 2. The highest BCUT2D eigenvalue weighted by Crippen LogP contribution is 2.18. The molecule has 0 aliphatic heterocycles. The fraction of sp³-hybridized carbons (Fsp3) is 0.920. The minimum Gasteiger partial charge on any atom is -0.462 e. The average Bonchev–Trinajstić information content (AvgIpc) is 3.19. The van der Waals surface area contributed by atoms with Gasteiger partial charge in [-0.25, -0.2) is 0 Å². The maximum Gasteiger partial charge on any atom is 0.306 e. The number of hydrogen-bond acceptors (Lipinski definition) is 5. The standard InChI is InChI=1S/C50H97NO5/c1-4-7-10-13-16-19-22-23-24-25-26-27-28-30-33-36-39-42-48(53)47(45-52)51-49(54)44-46(41-38-35-32-29-20-17-14-11-8-5-2)56-50(55)43-40-37-34-31-21-18-15-12-9-6-3/h12,15,46-48,52-53H,4-11,13-14,16-45H2,1-3H3,(H,51,54)/b15-12-. The molecule has 0 saturated heterocycles. The fourth-order valence-electron chi connectivity index (χ4n) is 7.79. The Morgan fingerprint density at radius 2 is 0.893 bits per heavy atom. The summed E-state index contributed by atoms with van der Waals surface area (Å²) in [4.78, 5) is 26.0. The zero-order valence-electron chi connectivity index (χ0n) is 37.8. The molecule has 0 aromatic carbocycles. The maximum absolute atomic E-state index is 13.1. The third-order valence-electron chi connectivity index (χ3n) is 11.6. The van der Waals surface area contributed by atoms with Gasteiger partial charge in [0.05, 0.1) is 25.2 Å². The summed E-state index contributed by atoms with van der Waals surface area (Å²) >= 11 is 0. The maximum atomic E-state index is 13.1. The molecule has 3 atom stereocenters. The van der Waals surface area contributed by atoms with Crippen molar-refractivity contribution in [1.29, 1.82) is 0 Å². The lowest BCUT2D eigenvalue weighted by Crippen LogP contribution is -2.46. The second kappa shape index (κ2) is 44.7. The van der Waals surface area contributed by atoms with Crippen molar-refractivity contribution in [1.82, 2.24) is 5.32 Å². The van der Waals surface area contributed by atoms with Gasteiger partial charge in [-0.3, -0.25) is 9.59 Å². The minimum atomic E-state index is -0.782. The molecule has 1 amide bonds. The Bertz CT molecular complexity index is 847. The van der Waals surface area contributed by atoms with Gasteiger partial charge in [-0.05, 0) is 44.9 Å². The van der Waals surface area contributed by atoms with Crippen molar-refractivity contribution in [2.24, 2.45) is 0 Å². The van der Waals surface area contributed by atoms with E-state index in [-0.39, 0.29) is 24.9 Å². The number of aliphatic hydroxyl groups excluding tert-OH is 2. The van der Waals surface area contributed by atoms with E-state index in [1.165, 1.54) is 167 Å². The van der Waals surface area contributed by atoms with E-state index in [0.717, 1.165) is 57.8 Å². The third kappa shape index (κ3) is 39.4. The normalized spacial score (nSPS) is 13.3. The molecule has 0 saturated carbocycles. The summed E-state index contributed by atoms with van der Waals surface area (Å²) in [5.74, 6) is -0.474. The minimum absolute atomic E-state index is 0.0804. The molecular formula is C50H97NO5. The number of allylic oxidation sites excluding steroid dienone is 2. The Morgan fingerprint density at radius 3 is 1.34 bits per heavy atom. The van der Waals surface area contributed by atoms with E-state index >= 15 is 0 Å². The Morgan fingerprint density at radius 1 is 0.500 bits per heavy atom. The van der Waals surface area contributed by atoms with Gasteiger partial charge in [-0.1, -0.05) is 226 Å². The Kier molecular flexibility index (Phi) is 43.6. The highest BCUT2D eigenvalue weighted by molar-refractivity contribution is 5.77. The largest absolute Gasteiger partial charge is 0.462 e. The van der Waals surface area contributed by atoms with Crippen LogP contribution in [0.15, 0.2) is 12.2 Å². The second-order valence-electron chi connectivity index (χ2n) is 17.2. The number of carbonyl (C=O) groups excluding carboxylic acids is 2. The van der Waals surface area contributed by atoms with Crippen LogP contribution in [0.5, 0.6) is 0 Å². The van der Waals surface area contributed by atoms with Gasteiger partial charge in [0, 0.05) is 6.42 Å². The van der Waals surface area contributed by atoms with Crippen molar-refractivity contribution in [2.75, 3.05) is 6.61 Å². The lowest BCUT2D eigenvalue weighted by atomic mass is 10.0. The fourth-order valence-corrected chi connectivity index (χ4v) is 7.79. The summed E-state index contributed by atoms with van der Waals surface area (Å²) in [5.41, 5.74) is 0. The summed E-state index contributed by atoms with van der Waals surface area (Å²) in [6.45, 7) is 6.43. The molecule has 0 fully saturated rings. The molecule has 0 bridgehead atoms. The number of unbranched alkanes of at least 4 members (excludes halogenated alkanes) is 31. The summed E-state index contributed by atoms with van der Waals surface area (Å²) in [7, 11) is 0. The molecule has 3 N–H and O–H groups in total. The van der Waals surface area contributed by atoms with Crippen LogP contribution in [-0.4, -0.2) is 46.9 Å². The molecule has 0 aliphatic rings. The van der Waals surface area contributed by atoms with Crippen LogP contribution in [0.1, 0.15) is 271 Å². The predicted molar refractivity (Wildman–Crippen MR) is 241 cm³/mol. The number of amides is 1. The average molecular weight is 792 g/mol. The molecule has 0 radical (unpaired) electrons. The van der Waals surface area contributed by atoms with Gasteiger partial charge in [0.2, 0.25) is 5.91 Å². The van der Waals surface area contributed by atoms with Crippen molar-refractivity contribution in [3.8, 4) is 0 Å². The molecule has 56 heavy (non-hydrogen) atoms. The summed E-state index contributed by atoms with van der Waals surface area (Å²) < 4.78 is 5.89. The molecule has 0 heterocycles. The van der Waals surface area contributed by atoms with Crippen molar-refractivity contribution < 1.29 is 24.5 Å². The summed E-state index contributed by atoms with van der Waals surface area (Å²) in [6, 6.07) is -0.695. The first-order valence-electron chi connectivity index (χ1n) is 24.9. The Hall–Kier alpha value is -1.40. The van der Waals surface area contributed by atoms with Crippen LogP contribution in [0.25, 0.3) is 0 Å². The Labute approximate surface area is 349 Å². The first-order valence-corrected chi connectivity index (χ1v) is 24.9. The molecular weight excluding hydrogens is 695 g/mol. The van der Waals surface area contributed by atoms with E-state index < -0.39 is 18.2 Å². The van der Waals surface area contributed by atoms with Crippen LogP contribution < -0.4 is 5.32 Å². The number of nitrogens with one attached hydrogen (secondary N) is 1. The van der Waals surface area contributed by atoms with Gasteiger partial charge in [0.25, 0.3) is 0 Å². The van der Waals surface area contributed by atoms with Crippen LogP contribution in [0, 0.1) is 0 Å². The van der Waals surface area contributed by atoms with Crippen LogP contribution in [0.4, 0.5) is 0 Å². The number of carbonyl (C=O) groups is 2. The van der Waals surface area contributed by atoms with E-state index in [1.54, 1.807) is 0 Å². The number of ether oxygens (including phenoxy) is 1. The first-order chi connectivity index (χ1) is 27.5. The molecule has 0 aromatic rings. The molecule has 3 unspecified atom stereocenters. The first kappa shape index (κ1) is 54.6. The highest BCUT2D eigenvalue weighted by Gasteiger charge is 2.24. The summed E-state index contributed by atoms with van der Waals surface area (Å²) in [5, 5.41) is 23.7. The van der Waals surface area contributed by atoms with Crippen LogP contribution in [0.3, 0.4) is 0 Å². The number of hydrogen-bond donors (Lipinski definition) is 3. The number of esters is 1.